The van der Waals surface area contributed by atoms with Crippen molar-refractivity contribution in [2.45, 2.75) is 18.6 Å². The number of rotatable bonds is 4. The highest BCUT2D eigenvalue weighted by Crippen LogP contribution is 2.31. The Morgan fingerprint density at radius 2 is 1.36 bits per heavy atom. The highest BCUT2D eigenvalue weighted by atomic mass is 16.6. The van der Waals surface area contributed by atoms with Gasteiger partial charge in [0.05, 0.1) is 0 Å². The molecule has 1 unspecified atom stereocenters. The van der Waals surface area contributed by atoms with Crippen molar-refractivity contribution in [2.75, 3.05) is 0 Å². The minimum atomic E-state index is -2.13. The van der Waals surface area contributed by atoms with Gasteiger partial charge in [0.1, 0.15) is 6.10 Å². The van der Waals surface area contributed by atoms with Crippen molar-refractivity contribution in [2.24, 2.45) is 0 Å². The van der Waals surface area contributed by atoms with Crippen molar-refractivity contribution in [3.63, 3.8) is 0 Å². The van der Waals surface area contributed by atoms with E-state index in [2.05, 4.69) is 4.74 Å². The fourth-order valence-corrected chi connectivity index (χ4v) is 2.01. The maximum atomic E-state index is 12.4. The molecule has 0 fully saturated rings. The second-order valence-electron chi connectivity index (χ2n) is 4.83. The lowest BCUT2D eigenvalue weighted by Crippen LogP contribution is -2.41. The highest BCUT2D eigenvalue weighted by molar-refractivity contribution is 5.94. The van der Waals surface area contributed by atoms with E-state index in [1.54, 1.807) is 60.7 Å². The van der Waals surface area contributed by atoms with Gasteiger partial charge in [0.15, 0.2) is 0 Å². The topological polar surface area (TPSA) is 83.8 Å². The van der Waals surface area contributed by atoms with E-state index >= 15 is 0 Å². The van der Waals surface area contributed by atoms with Crippen LogP contribution in [0.25, 0.3) is 0 Å². The van der Waals surface area contributed by atoms with Crippen LogP contribution in [0.3, 0.4) is 0 Å². The van der Waals surface area contributed by atoms with E-state index in [0.29, 0.717) is 0 Å². The molecule has 2 rings (SSSR count). The van der Waals surface area contributed by atoms with E-state index < -0.39 is 23.6 Å². The Morgan fingerprint density at radius 3 is 1.73 bits per heavy atom. The second-order valence-corrected chi connectivity index (χ2v) is 4.83. The average Bonchev–Trinajstić information content (AvgIpc) is 2.55. The van der Waals surface area contributed by atoms with Gasteiger partial charge in [0.2, 0.25) is 5.60 Å². The van der Waals surface area contributed by atoms with Gasteiger partial charge in [-0.05, 0) is 18.1 Å². The second kappa shape index (κ2) is 6.51. The summed E-state index contributed by atoms with van der Waals surface area (Å²) >= 11 is 0. The Morgan fingerprint density at radius 1 is 0.955 bits per heavy atom. The molecule has 0 amide bonds. The minimum Gasteiger partial charge on any atom is -0.389 e. The first kappa shape index (κ1) is 15.9. The number of hydrogen-bond acceptors (Lipinski definition) is 5. The molecule has 114 valence electrons. The largest absolute Gasteiger partial charge is 0.389 e. The first-order chi connectivity index (χ1) is 10.5. The van der Waals surface area contributed by atoms with Crippen LogP contribution in [-0.2, 0) is 19.9 Å². The maximum Gasteiger partial charge on any atom is 0.355 e. The van der Waals surface area contributed by atoms with Crippen LogP contribution < -0.4 is 0 Å². The zero-order chi connectivity index (χ0) is 16.2. The van der Waals surface area contributed by atoms with Crippen LogP contribution in [0.4, 0.5) is 0 Å². The first-order valence-corrected chi connectivity index (χ1v) is 6.74. The van der Waals surface area contributed by atoms with Gasteiger partial charge in [0.25, 0.3) is 0 Å². The lowest BCUT2D eigenvalue weighted by atomic mass is 9.86. The molecular weight excluding hydrogens is 284 g/mol. The molecule has 0 aromatic heterocycles. The molecule has 5 heteroatoms. The number of carbonyl (C=O) groups excluding carboxylic acids is 2. The molecule has 0 bridgehead atoms. The van der Waals surface area contributed by atoms with E-state index in [1.165, 1.54) is 6.92 Å². The zero-order valence-corrected chi connectivity index (χ0v) is 12.0. The summed E-state index contributed by atoms with van der Waals surface area (Å²) in [6.07, 6.45) is -1.46. The predicted octanol–water partition coefficient (Wildman–Crippen LogP) is 1.37. The molecule has 2 aromatic carbocycles. The van der Waals surface area contributed by atoms with Gasteiger partial charge in [-0.1, -0.05) is 60.7 Å². The van der Waals surface area contributed by atoms with Crippen LogP contribution in [0.5, 0.6) is 0 Å². The molecule has 2 N–H and O–H groups in total. The summed E-state index contributed by atoms with van der Waals surface area (Å²) in [4.78, 5) is 23.8. The Hall–Kier alpha value is -2.50. The number of hydrogen-bond donors (Lipinski definition) is 2. The Bertz CT molecular complexity index is 610. The van der Waals surface area contributed by atoms with Gasteiger partial charge in [-0.25, -0.2) is 9.59 Å². The predicted molar refractivity (Wildman–Crippen MR) is 78.7 cm³/mol. The number of aliphatic hydroxyl groups is 2. The molecular formula is C17H16O5. The molecule has 0 spiro atoms. The zero-order valence-electron chi connectivity index (χ0n) is 12.0. The third kappa shape index (κ3) is 3.05. The molecule has 0 radical (unpaired) electrons. The van der Waals surface area contributed by atoms with Crippen LogP contribution >= 0.6 is 0 Å². The van der Waals surface area contributed by atoms with E-state index in [4.69, 9.17) is 5.11 Å². The van der Waals surface area contributed by atoms with E-state index in [0.717, 1.165) is 0 Å². The van der Waals surface area contributed by atoms with Gasteiger partial charge < -0.3 is 14.9 Å². The summed E-state index contributed by atoms with van der Waals surface area (Å²) in [5, 5.41) is 20.1. The van der Waals surface area contributed by atoms with Crippen molar-refractivity contribution in [1.29, 1.82) is 0 Å². The summed E-state index contributed by atoms with van der Waals surface area (Å²) in [5.41, 5.74) is -1.60. The first-order valence-electron chi connectivity index (χ1n) is 6.74. The van der Waals surface area contributed by atoms with Gasteiger partial charge in [-0.15, -0.1) is 0 Å². The quantitative estimate of drug-likeness (QED) is 0.658. The summed E-state index contributed by atoms with van der Waals surface area (Å²) in [5.74, 6) is -2.27. The standard InChI is InChI=1S/C17H16O5/c1-12(18)15(19)22-16(20)17(21,13-8-4-2-5-9-13)14-10-6-3-7-11-14/h2-12,18,21H,1H3. The Balaban J connectivity index is 2.47. The summed E-state index contributed by atoms with van der Waals surface area (Å²) in [6.45, 7) is 1.18. The third-order valence-electron chi connectivity index (χ3n) is 3.21. The van der Waals surface area contributed by atoms with E-state index in [9.17, 15) is 14.7 Å². The third-order valence-corrected chi connectivity index (χ3v) is 3.21. The molecule has 0 aliphatic heterocycles. The maximum absolute atomic E-state index is 12.4. The minimum absolute atomic E-state index is 0.268. The average molecular weight is 300 g/mol. The highest BCUT2D eigenvalue weighted by Gasteiger charge is 2.43. The molecule has 0 saturated heterocycles. The smallest absolute Gasteiger partial charge is 0.355 e. The van der Waals surface area contributed by atoms with Gasteiger partial charge in [-0.3, -0.25) is 0 Å². The molecule has 5 nitrogen and oxygen atoms in total. The lowest BCUT2D eigenvalue weighted by molar-refractivity contribution is -0.176. The SMILES string of the molecule is CC(O)C(=O)OC(=O)C(O)(c1ccccc1)c1ccccc1. The van der Waals surface area contributed by atoms with E-state index in [-0.39, 0.29) is 11.1 Å². The molecule has 1 atom stereocenters. The van der Waals surface area contributed by atoms with Gasteiger partial charge in [-0.2, -0.15) is 0 Å². The number of esters is 2. The molecule has 0 saturated carbocycles. The normalized spacial score (nSPS) is 12.5. The molecule has 0 aliphatic rings. The van der Waals surface area contributed by atoms with Crippen LogP contribution in [-0.4, -0.2) is 28.3 Å². The number of carbonyl (C=O) groups is 2. The summed E-state index contributed by atoms with van der Waals surface area (Å²) in [6, 6.07) is 16.3. The van der Waals surface area contributed by atoms with Crippen LogP contribution in [0.2, 0.25) is 0 Å². The van der Waals surface area contributed by atoms with Crippen molar-refractivity contribution in [3.05, 3.63) is 71.8 Å². The Labute approximate surface area is 127 Å². The van der Waals surface area contributed by atoms with Crippen LogP contribution in [0.1, 0.15) is 18.1 Å². The number of benzene rings is 2. The van der Waals surface area contributed by atoms with Crippen molar-refractivity contribution in [1.82, 2.24) is 0 Å². The van der Waals surface area contributed by atoms with Gasteiger partial charge >= 0.3 is 11.9 Å². The van der Waals surface area contributed by atoms with Crippen molar-refractivity contribution < 1.29 is 24.5 Å². The van der Waals surface area contributed by atoms with E-state index in [1.807, 2.05) is 0 Å². The number of aliphatic hydroxyl groups excluding tert-OH is 1. The van der Waals surface area contributed by atoms with Crippen LogP contribution in [0, 0.1) is 0 Å². The fraction of sp³-hybridized carbons (Fsp3) is 0.176. The summed E-state index contributed by atoms with van der Waals surface area (Å²) in [7, 11) is 0. The van der Waals surface area contributed by atoms with Gasteiger partial charge in [0, 0.05) is 0 Å². The monoisotopic (exact) mass is 300 g/mol. The Kier molecular flexibility index (Phi) is 4.70. The number of ether oxygens (including phenoxy) is 1. The van der Waals surface area contributed by atoms with Crippen molar-refractivity contribution in [3.8, 4) is 0 Å². The molecule has 2 aromatic rings. The fourth-order valence-electron chi connectivity index (χ4n) is 2.01. The summed E-state index contributed by atoms with van der Waals surface area (Å²) < 4.78 is 4.61. The molecule has 0 heterocycles. The molecule has 0 aliphatic carbocycles. The lowest BCUT2D eigenvalue weighted by Gasteiger charge is -2.26. The molecule has 22 heavy (non-hydrogen) atoms. The van der Waals surface area contributed by atoms with Crippen molar-refractivity contribution >= 4 is 11.9 Å². The van der Waals surface area contributed by atoms with Crippen LogP contribution in [0.15, 0.2) is 60.7 Å².